The van der Waals surface area contributed by atoms with Crippen LogP contribution in [0.15, 0.2) is 36.4 Å². The fourth-order valence-electron chi connectivity index (χ4n) is 2.91. The van der Waals surface area contributed by atoms with Crippen LogP contribution in [0.1, 0.15) is 23.2 Å². The van der Waals surface area contributed by atoms with Crippen LogP contribution in [0.5, 0.6) is 0 Å². The minimum absolute atomic E-state index is 0.219. The molecule has 1 heterocycles. The van der Waals surface area contributed by atoms with E-state index in [1.807, 2.05) is 0 Å². The molecule has 1 aliphatic rings. The van der Waals surface area contributed by atoms with Gasteiger partial charge in [-0.3, -0.25) is 4.79 Å². The Bertz CT molecular complexity index is 696. The van der Waals surface area contributed by atoms with Crippen molar-refractivity contribution in [1.82, 2.24) is 5.32 Å². The number of fused-ring (bicyclic) bond motifs is 1. The summed E-state index contributed by atoms with van der Waals surface area (Å²) in [5.41, 5.74) is 5.90. The molecule has 0 bridgehead atoms. The molecule has 0 spiro atoms. The number of carbonyl (C=O) groups excluding carboxylic acids is 1. The predicted molar refractivity (Wildman–Crippen MR) is 83.2 cm³/mol. The summed E-state index contributed by atoms with van der Waals surface area (Å²) >= 11 is 0. The molecule has 0 atom stereocenters. The standard InChI is InChI=1S/C17H19FN2O2/c18-15-6-5-14(12-3-1-2-4-13(12)15)16(21)20-17(11-19)7-9-22-10-8-17/h1-6H,7-11,19H2,(H,20,21). The summed E-state index contributed by atoms with van der Waals surface area (Å²) in [7, 11) is 0. The van der Waals surface area contributed by atoms with Gasteiger partial charge < -0.3 is 15.8 Å². The average Bonchev–Trinajstić information content (AvgIpc) is 2.56. The zero-order valence-electron chi connectivity index (χ0n) is 12.3. The number of hydrogen-bond acceptors (Lipinski definition) is 3. The van der Waals surface area contributed by atoms with E-state index in [1.165, 1.54) is 12.1 Å². The van der Waals surface area contributed by atoms with Gasteiger partial charge in [-0.05, 0) is 30.4 Å². The van der Waals surface area contributed by atoms with Crippen LogP contribution in [0.4, 0.5) is 4.39 Å². The summed E-state index contributed by atoms with van der Waals surface area (Å²) in [5, 5.41) is 4.10. The number of amides is 1. The lowest BCUT2D eigenvalue weighted by Gasteiger charge is -2.37. The molecular weight excluding hydrogens is 283 g/mol. The van der Waals surface area contributed by atoms with Crippen LogP contribution in [0.3, 0.4) is 0 Å². The quantitative estimate of drug-likeness (QED) is 0.913. The van der Waals surface area contributed by atoms with Gasteiger partial charge in [-0.25, -0.2) is 4.39 Å². The molecule has 0 saturated carbocycles. The Balaban J connectivity index is 1.94. The molecule has 5 heteroatoms. The summed E-state index contributed by atoms with van der Waals surface area (Å²) in [5.74, 6) is -0.546. The first-order valence-electron chi connectivity index (χ1n) is 7.43. The van der Waals surface area contributed by atoms with Crippen molar-refractivity contribution in [3.8, 4) is 0 Å². The van der Waals surface area contributed by atoms with Crippen molar-refractivity contribution in [1.29, 1.82) is 0 Å². The normalized spacial score (nSPS) is 17.4. The van der Waals surface area contributed by atoms with Crippen LogP contribution in [0.2, 0.25) is 0 Å². The van der Waals surface area contributed by atoms with Gasteiger partial charge in [0.15, 0.2) is 0 Å². The number of benzene rings is 2. The van der Waals surface area contributed by atoms with E-state index < -0.39 is 5.54 Å². The second-order valence-corrected chi connectivity index (χ2v) is 5.69. The van der Waals surface area contributed by atoms with Crippen molar-refractivity contribution >= 4 is 16.7 Å². The van der Waals surface area contributed by atoms with E-state index >= 15 is 0 Å². The average molecular weight is 302 g/mol. The van der Waals surface area contributed by atoms with Crippen LogP contribution >= 0.6 is 0 Å². The van der Waals surface area contributed by atoms with Crippen LogP contribution in [0, 0.1) is 5.82 Å². The van der Waals surface area contributed by atoms with Crippen LogP contribution < -0.4 is 11.1 Å². The molecule has 116 valence electrons. The number of halogens is 1. The van der Waals surface area contributed by atoms with Gasteiger partial charge >= 0.3 is 0 Å². The first-order chi connectivity index (χ1) is 10.7. The molecule has 3 N–H and O–H groups in total. The molecule has 1 fully saturated rings. The highest BCUT2D eigenvalue weighted by molar-refractivity contribution is 6.07. The number of nitrogens with one attached hydrogen (secondary N) is 1. The summed E-state index contributed by atoms with van der Waals surface area (Å²) in [6, 6.07) is 9.84. The molecular formula is C17H19FN2O2. The number of carbonyl (C=O) groups is 1. The molecule has 22 heavy (non-hydrogen) atoms. The topological polar surface area (TPSA) is 64.3 Å². The second kappa shape index (κ2) is 6.02. The van der Waals surface area contributed by atoms with Gasteiger partial charge in [-0.1, -0.05) is 24.3 Å². The Hall–Kier alpha value is -1.98. The number of hydrogen-bond donors (Lipinski definition) is 2. The highest BCUT2D eigenvalue weighted by Crippen LogP contribution is 2.24. The highest BCUT2D eigenvalue weighted by atomic mass is 19.1. The Morgan fingerprint density at radius 1 is 1.18 bits per heavy atom. The van der Waals surface area contributed by atoms with Gasteiger partial charge in [-0.15, -0.1) is 0 Å². The molecule has 3 rings (SSSR count). The lowest BCUT2D eigenvalue weighted by atomic mass is 9.89. The third-order valence-corrected chi connectivity index (χ3v) is 4.33. The Morgan fingerprint density at radius 3 is 2.55 bits per heavy atom. The van der Waals surface area contributed by atoms with Crippen molar-refractivity contribution in [2.45, 2.75) is 18.4 Å². The summed E-state index contributed by atoms with van der Waals surface area (Å²) in [6.45, 7) is 1.53. The van der Waals surface area contributed by atoms with Crippen molar-refractivity contribution in [2.75, 3.05) is 19.8 Å². The minimum Gasteiger partial charge on any atom is -0.381 e. The van der Waals surface area contributed by atoms with E-state index in [0.717, 1.165) is 0 Å². The molecule has 1 aliphatic heterocycles. The predicted octanol–water partition coefficient (Wildman–Crippen LogP) is 2.22. The van der Waals surface area contributed by atoms with Crippen molar-refractivity contribution in [3.63, 3.8) is 0 Å². The van der Waals surface area contributed by atoms with Gasteiger partial charge in [-0.2, -0.15) is 0 Å². The van der Waals surface area contributed by atoms with Gasteiger partial charge in [0, 0.05) is 30.7 Å². The van der Waals surface area contributed by atoms with Crippen molar-refractivity contribution < 1.29 is 13.9 Å². The van der Waals surface area contributed by atoms with Crippen LogP contribution in [0.25, 0.3) is 10.8 Å². The zero-order valence-corrected chi connectivity index (χ0v) is 12.3. The lowest BCUT2D eigenvalue weighted by Crippen LogP contribution is -2.56. The number of nitrogens with two attached hydrogens (primary N) is 1. The molecule has 1 amide bonds. The van der Waals surface area contributed by atoms with E-state index in [9.17, 15) is 9.18 Å². The fourth-order valence-corrected chi connectivity index (χ4v) is 2.91. The smallest absolute Gasteiger partial charge is 0.252 e. The van der Waals surface area contributed by atoms with E-state index in [2.05, 4.69) is 5.32 Å². The Morgan fingerprint density at radius 2 is 1.86 bits per heavy atom. The fraction of sp³-hybridized carbons (Fsp3) is 0.353. The molecule has 1 saturated heterocycles. The maximum absolute atomic E-state index is 13.9. The molecule has 2 aromatic rings. The summed E-state index contributed by atoms with van der Waals surface area (Å²) < 4.78 is 19.2. The number of ether oxygens (including phenoxy) is 1. The molecule has 0 radical (unpaired) electrons. The van der Waals surface area contributed by atoms with Crippen LogP contribution in [-0.2, 0) is 4.74 Å². The molecule has 0 aliphatic carbocycles. The zero-order chi connectivity index (χ0) is 15.6. The maximum Gasteiger partial charge on any atom is 0.252 e. The molecule has 0 unspecified atom stereocenters. The third-order valence-electron chi connectivity index (χ3n) is 4.33. The van der Waals surface area contributed by atoms with E-state index in [1.54, 1.807) is 24.3 Å². The van der Waals surface area contributed by atoms with E-state index in [-0.39, 0.29) is 11.7 Å². The largest absolute Gasteiger partial charge is 0.381 e. The number of rotatable bonds is 3. The molecule has 0 aromatic heterocycles. The SMILES string of the molecule is NCC1(NC(=O)c2ccc(F)c3ccccc23)CCOCC1. The Labute approximate surface area is 128 Å². The lowest BCUT2D eigenvalue weighted by molar-refractivity contribution is 0.0389. The Kier molecular flexibility index (Phi) is 4.09. The van der Waals surface area contributed by atoms with Crippen molar-refractivity contribution in [3.05, 3.63) is 47.8 Å². The van der Waals surface area contributed by atoms with E-state index in [4.69, 9.17) is 10.5 Å². The first-order valence-corrected chi connectivity index (χ1v) is 7.43. The summed E-state index contributed by atoms with van der Waals surface area (Å²) in [6.07, 6.45) is 1.38. The first kappa shape index (κ1) is 14.9. The minimum atomic E-state index is -0.440. The van der Waals surface area contributed by atoms with Gasteiger partial charge in [0.05, 0.1) is 5.54 Å². The van der Waals surface area contributed by atoms with E-state index in [0.29, 0.717) is 48.9 Å². The van der Waals surface area contributed by atoms with Gasteiger partial charge in [0.2, 0.25) is 0 Å². The maximum atomic E-state index is 13.9. The monoisotopic (exact) mass is 302 g/mol. The second-order valence-electron chi connectivity index (χ2n) is 5.69. The van der Waals surface area contributed by atoms with Gasteiger partial charge in [0.1, 0.15) is 5.82 Å². The molecule has 2 aromatic carbocycles. The van der Waals surface area contributed by atoms with Crippen LogP contribution in [-0.4, -0.2) is 31.2 Å². The van der Waals surface area contributed by atoms with Gasteiger partial charge in [0.25, 0.3) is 5.91 Å². The third kappa shape index (κ3) is 2.69. The summed E-state index contributed by atoms with van der Waals surface area (Å²) in [4.78, 5) is 12.7. The molecule has 4 nitrogen and oxygen atoms in total. The van der Waals surface area contributed by atoms with Crippen molar-refractivity contribution in [2.24, 2.45) is 5.73 Å². The highest BCUT2D eigenvalue weighted by Gasteiger charge is 2.33.